The molecular formula is C15H21NO5. The number of ether oxygens (including phenoxy) is 1. The average molecular weight is 295 g/mol. The van der Waals surface area contributed by atoms with Crippen LogP contribution >= 0.6 is 0 Å². The molecule has 116 valence electrons. The van der Waals surface area contributed by atoms with Crippen LogP contribution in [0, 0.1) is 0 Å². The summed E-state index contributed by atoms with van der Waals surface area (Å²) in [6, 6.07) is 5.75. The number of Topliss-reactive ketones (excluding diaryl/α,β-unsaturated/α-hetero) is 1. The van der Waals surface area contributed by atoms with Gasteiger partial charge < -0.3 is 20.3 Å². The minimum Gasteiger partial charge on any atom is -0.494 e. The number of carbonyl (C=O) groups excluding carboxylic acids is 1. The molecule has 1 unspecified atom stereocenters. The number of carboxylic acid groups (broad SMARTS) is 1. The number of aliphatic hydroxyl groups is 1. The van der Waals surface area contributed by atoms with Gasteiger partial charge in [0.25, 0.3) is 0 Å². The highest BCUT2D eigenvalue weighted by atomic mass is 16.5. The molecular weight excluding hydrogens is 274 g/mol. The van der Waals surface area contributed by atoms with Crippen molar-refractivity contribution >= 4 is 11.8 Å². The van der Waals surface area contributed by atoms with Gasteiger partial charge in [-0.3, -0.25) is 9.59 Å². The molecule has 0 saturated carbocycles. The number of carboxylic acids is 1. The summed E-state index contributed by atoms with van der Waals surface area (Å²) < 4.78 is 5.43. The predicted molar refractivity (Wildman–Crippen MR) is 77.7 cm³/mol. The van der Waals surface area contributed by atoms with Crippen LogP contribution in [-0.2, 0) is 4.79 Å². The number of hydrogen-bond acceptors (Lipinski definition) is 5. The molecule has 21 heavy (non-hydrogen) atoms. The summed E-state index contributed by atoms with van der Waals surface area (Å²) in [5, 5.41) is 20.4. The number of aliphatic carboxylic acids is 1. The number of hydrogen-bond donors (Lipinski definition) is 3. The summed E-state index contributed by atoms with van der Waals surface area (Å²) in [5.74, 6) is -0.707. The van der Waals surface area contributed by atoms with E-state index in [1.807, 2.05) is 6.92 Å². The zero-order valence-corrected chi connectivity index (χ0v) is 12.0. The summed E-state index contributed by atoms with van der Waals surface area (Å²) in [4.78, 5) is 23.1. The van der Waals surface area contributed by atoms with Crippen LogP contribution in [-0.4, -0.2) is 47.8 Å². The first-order valence-corrected chi connectivity index (χ1v) is 6.91. The van der Waals surface area contributed by atoms with Gasteiger partial charge >= 0.3 is 5.97 Å². The van der Waals surface area contributed by atoms with Gasteiger partial charge in [-0.05, 0) is 30.7 Å². The number of rotatable bonds is 10. The first kappa shape index (κ1) is 17.1. The molecule has 0 heterocycles. The van der Waals surface area contributed by atoms with E-state index < -0.39 is 12.0 Å². The molecule has 1 aromatic rings. The third-order valence-corrected chi connectivity index (χ3v) is 2.81. The monoisotopic (exact) mass is 295 g/mol. The van der Waals surface area contributed by atoms with Crippen LogP contribution in [0.2, 0.25) is 0 Å². The Labute approximate surface area is 123 Å². The molecule has 0 bridgehead atoms. The van der Waals surface area contributed by atoms with Crippen LogP contribution in [0.25, 0.3) is 0 Å². The van der Waals surface area contributed by atoms with E-state index in [1.165, 1.54) is 0 Å². The van der Waals surface area contributed by atoms with Crippen molar-refractivity contribution in [3.05, 3.63) is 29.8 Å². The van der Waals surface area contributed by atoms with Crippen LogP contribution in [0.3, 0.4) is 0 Å². The fourth-order valence-corrected chi connectivity index (χ4v) is 1.81. The Kier molecular flexibility index (Phi) is 7.42. The molecule has 6 nitrogen and oxygen atoms in total. The molecule has 0 spiro atoms. The van der Waals surface area contributed by atoms with E-state index in [0.29, 0.717) is 17.9 Å². The van der Waals surface area contributed by atoms with Crippen LogP contribution in [0.4, 0.5) is 0 Å². The molecule has 0 aromatic heterocycles. The number of ketones is 1. The van der Waals surface area contributed by atoms with Crippen molar-refractivity contribution in [3.63, 3.8) is 0 Å². The number of benzene rings is 1. The zero-order valence-electron chi connectivity index (χ0n) is 12.0. The van der Waals surface area contributed by atoms with E-state index >= 15 is 0 Å². The summed E-state index contributed by atoms with van der Waals surface area (Å²) in [6.07, 6.45) is 0.569. The lowest BCUT2D eigenvalue weighted by molar-refractivity contribution is -0.137. The Hall–Kier alpha value is -1.92. The smallest absolute Gasteiger partial charge is 0.305 e. The Balaban J connectivity index is 2.75. The lowest BCUT2D eigenvalue weighted by Gasteiger charge is -2.15. The second-order valence-electron chi connectivity index (χ2n) is 4.57. The number of nitrogens with one attached hydrogen (secondary N) is 1. The molecule has 0 radical (unpaired) electrons. The van der Waals surface area contributed by atoms with E-state index in [9.17, 15) is 9.59 Å². The Morgan fingerprint density at radius 1 is 1.29 bits per heavy atom. The maximum Gasteiger partial charge on any atom is 0.305 e. The number of carbonyl (C=O) groups is 2. The van der Waals surface area contributed by atoms with Crippen molar-refractivity contribution in [1.29, 1.82) is 0 Å². The zero-order chi connectivity index (χ0) is 15.7. The SMILES string of the molecule is CCCOc1ccc(C(=O)C(CC(=O)O)NCCO)cc1. The molecule has 1 aromatic carbocycles. The van der Waals surface area contributed by atoms with Gasteiger partial charge in [0.1, 0.15) is 5.75 Å². The van der Waals surface area contributed by atoms with E-state index in [1.54, 1.807) is 24.3 Å². The van der Waals surface area contributed by atoms with E-state index in [2.05, 4.69) is 5.32 Å². The van der Waals surface area contributed by atoms with Gasteiger partial charge in [0.05, 0.1) is 25.7 Å². The normalized spacial score (nSPS) is 11.9. The van der Waals surface area contributed by atoms with Gasteiger partial charge in [-0.1, -0.05) is 6.92 Å². The van der Waals surface area contributed by atoms with Crippen molar-refractivity contribution in [1.82, 2.24) is 5.32 Å². The fourth-order valence-electron chi connectivity index (χ4n) is 1.81. The van der Waals surface area contributed by atoms with Gasteiger partial charge in [0, 0.05) is 12.1 Å². The summed E-state index contributed by atoms with van der Waals surface area (Å²) in [5.41, 5.74) is 0.413. The highest BCUT2D eigenvalue weighted by Crippen LogP contribution is 2.14. The maximum atomic E-state index is 12.3. The molecule has 0 aliphatic heterocycles. The molecule has 0 aliphatic carbocycles. The summed E-state index contributed by atoms with van der Waals surface area (Å²) in [6.45, 7) is 2.61. The third-order valence-electron chi connectivity index (χ3n) is 2.81. The first-order chi connectivity index (χ1) is 10.1. The summed E-state index contributed by atoms with van der Waals surface area (Å²) >= 11 is 0. The minimum atomic E-state index is -1.07. The second-order valence-corrected chi connectivity index (χ2v) is 4.57. The molecule has 0 fully saturated rings. The molecule has 0 aliphatic rings. The van der Waals surface area contributed by atoms with Crippen LogP contribution in [0.15, 0.2) is 24.3 Å². The molecule has 0 amide bonds. The second kappa shape index (κ2) is 9.10. The predicted octanol–water partition coefficient (Wildman–Crippen LogP) is 1.08. The van der Waals surface area contributed by atoms with E-state index in [0.717, 1.165) is 6.42 Å². The largest absolute Gasteiger partial charge is 0.494 e. The highest BCUT2D eigenvalue weighted by molar-refractivity contribution is 6.01. The Morgan fingerprint density at radius 3 is 2.48 bits per heavy atom. The standard InChI is InChI=1S/C15H21NO5/c1-2-9-21-12-5-3-11(4-6-12)15(20)13(10-14(18)19)16-7-8-17/h3-6,13,16-17H,2,7-10H2,1H3,(H,18,19). The molecule has 0 saturated heterocycles. The quantitative estimate of drug-likeness (QED) is 0.559. The van der Waals surface area contributed by atoms with Crippen molar-refractivity contribution in [2.45, 2.75) is 25.8 Å². The Morgan fingerprint density at radius 2 is 1.95 bits per heavy atom. The third kappa shape index (κ3) is 5.93. The van der Waals surface area contributed by atoms with Gasteiger partial charge in [-0.25, -0.2) is 0 Å². The fraction of sp³-hybridized carbons (Fsp3) is 0.467. The average Bonchev–Trinajstić information content (AvgIpc) is 2.49. The summed E-state index contributed by atoms with van der Waals surface area (Å²) in [7, 11) is 0. The molecule has 1 atom stereocenters. The molecule has 6 heteroatoms. The van der Waals surface area contributed by atoms with Gasteiger partial charge in [-0.2, -0.15) is 0 Å². The lowest BCUT2D eigenvalue weighted by atomic mass is 10.0. The molecule has 3 N–H and O–H groups in total. The van der Waals surface area contributed by atoms with Crippen molar-refractivity contribution < 1.29 is 24.5 Å². The van der Waals surface area contributed by atoms with Crippen molar-refractivity contribution in [2.24, 2.45) is 0 Å². The van der Waals surface area contributed by atoms with Gasteiger partial charge in [0.2, 0.25) is 0 Å². The van der Waals surface area contributed by atoms with Gasteiger partial charge in [0.15, 0.2) is 5.78 Å². The van der Waals surface area contributed by atoms with Crippen LogP contribution in [0.5, 0.6) is 5.75 Å². The van der Waals surface area contributed by atoms with Crippen LogP contribution < -0.4 is 10.1 Å². The molecule has 1 rings (SSSR count). The van der Waals surface area contributed by atoms with Crippen LogP contribution in [0.1, 0.15) is 30.1 Å². The van der Waals surface area contributed by atoms with E-state index in [4.69, 9.17) is 14.9 Å². The first-order valence-electron chi connectivity index (χ1n) is 6.91. The Bertz CT molecular complexity index is 458. The number of aliphatic hydroxyl groups excluding tert-OH is 1. The maximum absolute atomic E-state index is 12.3. The van der Waals surface area contributed by atoms with E-state index in [-0.39, 0.29) is 25.4 Å². The van der Waals surface area contributed by atoms with Crippen molar-refractivity contribution in [2.75, 3.05) is 19.8 Å². The minimum absolute atomic E-state index is 0.160. The lowest BCUT2D eigenvalue weighted by Crippen LogP contribution is -2.40. The highest BCUT2D eigenvalue weighted by Gasteiger charge is 2.22. The topological polar surface area (TPSA) is 95.9 Å². The van der Waals surface area contributed by atoms with Gasteiger partial charge in [-0.15, -0.1) is 0 Å². The van der Waals surface area contributed by atoms with Crippen molar-refractivity contribution in [3.8, 4) is 5.75 Å².